The average molecular weight is 357 g/mol. The van der Waals surface area contributed by atoms with E-state index in [0.29, 0.717) is 6.54 Å². The van der Waals surface area contributed by atoms with Gasteiger partial charge in [0.05, 0.1) is 17.5 Å². The first-order chi connectivity index (χ1) is 12.4. The van der Waals surface area contributed by atoms with Gasteiger partial charge in [-0.25, -0.2) is 9.78 Å². The summed E-state index contributed by atoms with van der Waals surface area (Å²) >= 11 is 0. The Morgan fingerprint density at radius 2 is 1.92 bits per heavy atom. The Morgan fingerprint density at radius 3 is 2.58 bits per heavy atom. The average Bonchev–Trinajstić information content (AvgIpc) is 3.04. The first kappa shape index (κ1) is 17.9. The number of imidazole rings is 1. The van der Waals surface area contributed by atoms with Gasteiger partial charge in [-0.1, -0.05) is 12.1 Å². The van der Waals surface area contributed by atoms with Crippen LogP contribution < -0.4 is 5.32 Å². The van der Waals surface area contributed by atoms with E-state index in [1.165, 1.54) is 19.0 Å². The standard InChI is InChI=1S/C18H23N5O3/c1-21-13-8-5-4-7-12(13)20-15(21)9-6-10-19-16(24)11-14-17(25)23(3)18(26)22(14)2/h4-5,7-8,14H,6,9-11H2,1-3H3,(H,19,24)/t14-/m1/s1. The molecule has 1 aromatic carbocycles. The number of aromatic nitrogens is 2. The quantitative estimate of drug-likeness (QED) is 0.615. The third kappa shape index (κ3) is 3.26. The number of aryl methyl sites for hydroxylation is 2. The summed E-state index contributed by atoms with van der Waals surface area (Å²) in [5.74, 6) is 0.397. The number of carbonyl (C=O) groups excluding carboxylic acids is 3. The predicted molar refractivity (Wildman–Crippen MR) is 96.4 cm³/mol. The molecule has 1 atom stereocenters. The summed E-state index contributed by atoms with van der Waals surface area (Å²) in [7, 11) is 4.95. The lowest BCUT2D eigenvalue weighted by Gasteiger charge is -2.15. The monoisotopic (exact) mass is 357 g/mol. The highest BCUT2D eigenvalue weighted by atomic mass is 16.2. The third-order valence-corrected chi connectivity index (χ3v) is 4.83. The first-order valence-electron chi connectivity index (χ1n) is 8.61. The van der Waals surface area contributed by atoms with Crippen LogP contribution in [0.5, 0.6) is 0 Å². The second-order valence-corrected chi connectivity index (χ2v) is 6.54. The maximum absolute atomic E-state index is 12.1. The number of nitrogens with one attached hydrogen (secondary N) is 1. The lowest BCUT2D eigenvalue weighted by Crippen LogP contribution is -2.37. The SMILES string of the molecule is CN1C(=O)[C@@H](CC(=O)NCCCc2nc3ccccc3n2C)N(C)C1=O. The van der Waals surface area contributed by atoms with Gasteiger partial charge in [0.2, 0.25) is 5.91 Å². The van der Waals surface area contributed by atoms with E-state index < -0.39 is 6.04 Å². The largest absolute Gasteiger partial charge is 0.356 e. The summed E-state index contributed by atoms with van der Waals surface area (Å²) in [5, 5.41) is 2.82. The fraction of sp³-hybridized carbons (Fsp3) is 0.444. The van der Waals surface area contributed by atoms with Crippen molar-refractivity contribution >= 4 is 28.9 Å². The number of rotatable bonds is 6. The van der Waals surface area contributed by atoms with Crippen molar-refractivity contribution in [2.75, 3.05) is 20.6 Å². The second-order valence-electron chi connectivity index (χ2n) is 6.54. The van der Waals surface area contributed by atoms with Gasteiger partial charge in [-0.15, -0.1) is 0 Å². The summed E-state index contributed by atoms with van der Waals surface area (Å²) in [6.07, 6.45) is 1.48. The van der Waals surface area contributed by atoms with Gasteiger partial charge in [0.25, 0.3) is 5.91 Å². The summed E-state index contributed by atoms with van der Waals surface area (Å²) < 4.78 is 2.06. The minimum absolute atomic E-state index is 0.0162. The molecule has 1 aliphatic heterocycles. The highest BCUT2D eigenvalue weighted by Gasteiger charge is 2.41. The van der Waals surface area contributed by atoms with Crippen LogP contribution in [0.25, 0.3) is 11.0 Å². The Kier molecular flexibility index (Phi) is 4.92. The van der Waals surface area contributed by atoms with Crippen LogP contribution in [0.3, 0.4) is 0 Å². The summed E-state index contributed by atoms with van der Waals surface area (Å²) in [5.41, 5.74) is 2.05. The Balaban J connectivity index is 1.47. The zero-order chi connectivity index (χ0) is 18.8. The van der Waals surface area contributed by atoms with Crippen molar-refractivity contribution in [2.24, 2.45) is 7.05 Å². The minimum Gasteiger partial charge on any atom is -0.356 e. The molecule has 138 valence electrons. The molecule has 8 heteroatoms. The molecule has 1 fully saturated rings. The summed E-state index contributed by atoms with van der Waals surface area (Å²) in [6, 6.07) is 6.86. The van der Waals surface area contributed by atoms with E-state index in [0.717, 1.165) is 34.6 Å². The maximum atomic E-state index is 12.1. The van der Waals surface area contributed by atoms with Gasteiger partial charge in [0.1, 0.15) is 11.9 Å². The Morgan fingerprint density at radius 1 is 1.19 bits per heavy atom. The van der Waals surface area contributed by atoms with Crippen LogP contribution in [0.2, 0.25) is 0 Å². The molecule has 2 heterocycles. The molecule has 1 aliphatic rings. The van der Waals surface area contributed by atoms with Gasteiger partial charge in [-0.05, 0) is 18.6 Å². The van der Waals surface area contributed by atoms with E-state index in [1.54, 1.807) is 0 Å². The van der Waals surface area contributed by atoms with Crippen molar-refractivity contribution < 1.29 is 14.4 Å². The predicted octanol–water partition coefficient (Wildman–Crippen LogP) is 0.905. The molecular formula is C18H23N5O3. The summed E-state index contributed by atoms with van der Waals surface area (Å²) in [6.45, 7) is 0.496. The second kappa shape index (κ2) is 7.15. The van der Waals surface area contributed by atoms with Crippen LogP contribution in [0, 0.1) is 0 Å². The number of amides is 4. The van der Waals surface area contributed by atoms with Crippen molar-refractivity contribution in [1.29, 1.82) is 0 Å². The van der Waals surface area contributed by atoms with Crippen LogP contribution in [-0.2, 0) is 23.1 Å². The topological polar surface area (TPSA) is 87.5 Å². The van der Waals surface area contributed by atoms with Crippen LogP contribution >= 0.6 is 0 Å². The Bertz CT molecular complexity index is 860. The van der Waals surface area contributed by atoms with E-state index >= 15 is 0 Å². The van der Waals surface area contributed by atoms with E-state index in [2.05, 4.69) is 14.9 Å². The molecule has 1 saturated heterocycles. The van der Waals surface area contributed by atoms with Crippen molar-refractivity contribution in [3.05, 3.63) is 30.1 Å². The molecule has 8 nitrogen and oxygen atoms in total. The number of hydrogen-bond acceptors (Lipinski definition) is 4. The third-order valence-electron chi connectivity index (χ3n) is 4.83. The van der Waals surface area contributed by atoms with E-state index in [1.807, 2.05) is 31.3 Å². The van der Waals surface area contributed by atoms with E-state index in [9.17, 15) is 14.4 Å². The van der Waals surface area contributed by atoms with Crippen LogP contribution in [0.4, 0.5) is 4.79 Å². The van der Waals surface area contributed by atoms with Gasteiger partial charge < -0.3 is 14.8 Å². The fourth-order valence-electron chi connectivity index (χ4n) is 3.22. The molecule has 1 N–H and O–H groups in total. The molecule has 0 bridgehead atoms. The number of imide groups is 1. The number of fused-ring (bicyclic) bond motifs is 1. The van der Waals surface area contributed by atoms with E-state index in [4.69, 9.17) is 0 Å². The molecule has 0 saturated carbocycles. The van der Waals surface area contributed by atoms with Crippen molar-refractivity contribution in [3.63, 3.8) is 0 Å². The Labute approximate surface area is 151 Å². The molecule has 1 aromatic heterocycles. The number of carbonyl (C=O) groups is 3. The van der Waals surface area contributed by atoms with Crippen LogP contribution in [0.1, 0.15) is 18.7 Å². The highest BCUT2D eigenvalue weighted by molar-refractivity contribution is 6.05. The maximum Gasteiger partial charge on any atom is 0.326 e. The fourth-order valence-corrected chi connectivity index (χ4v) is 3.22. The Hall–Kier alpha value is -2.90. The lowest BCUT2D eigenvalue weighted by molar-refractivity contribution is -0.131. The molecule has 0 radical (unpaired) electrons. The number of urea groups is 1. The zero-order valence-corrected chi connectivity index (χ0v) is 15.2. The van der Waals surface area contributed by atoms with Crippen molar-refractivity contribution in [3.8, 4) is 0 Å². The number of hydrogen-bond donors (Lipinski definition) is 1. The first-order valence-corrected chi connectivity index (χ1v) is 8.61. The van der Waals surface area contributed by atoms with Gasteiger partial charge in [0.15, 0.2) is 0 Å². The molecule has 4 amide bonds. The molecule has 3 rings (SSSR count). The molecular weight excluding hydrogens is 334 g/mol. The van der Waals surface area contributed by atoms with Gasteiger partial charge in [-0.2, -0.15) is 0 Å². The van der Waals surface area contributed by atoms with Crippen molar-refractivity contribution in [2.45, 2.75) is 25.3 Å². The van der Waals surface area contributed by atoms with Gasteiger partial charge >= 0.3 is 6.03 Å². The number of benzene rings is 1. The molecule has 0 aliphatic carbocycles. The molecule has 2 aromatic rings. The van der Waals surface area contributed by atoms with Gasteiger partial charge in [-0.3, -0.25) is 14.5 Å². The smallest absolute Gasteiger partial charge is 0.326 e. The minimum atomic E-state index is -0.715. The number of likely N-dealkylation sites (N-methyl/N-ethyl adjacent to an activating group) is 2. The van der Waals surface area contributed by atoms with E-state index in [-0.39, 0.29) is 24.3 Å². The lowest BCUT2D eigenvalue weighted by atomic mass is 10.2. The zero-order valence-electron chi connectivity index (χ0n) is 15.2. The van der Waals surface area contributed by atoms with Crippen LogP contribution in [0.15, 0.2) is 24.3 Å². The number of nitrogens with zero attached hydrogens (tertiary/aromatic N) is 4. The van der Waals surface area contributed by atoms with Crippen LogP contribution in [-0.4, -0.2) is 63.9 Å². The normalized spacial score (nSPS) is 17.4. The molecule has 26 heavy (non-hydrogen) atoms. The van der Waals surface area contributed by atoms with Gasteiger partial charge in [0, 0.05) is 34.1 Å². The number of para-hydroxylation sites is 2. The highest BCUT2D eigenvalue weighted by Crippen LogP contribution is 2.17. The van der Waals surface area contributed by atoms with Crippen molar-refractivity contribution in [1.82, 2.24) is 24.7 Å². The summed E-state index contributed by atoms with van der Waals surface area (Å²) in [4.78, 5) is 42.7. The molecule has 0 spiro atoms. The molecule has 0 unspecified atom stereocenters.